The van der Waals surface area contributed by atoms with Crippen LogP contribution in [0.25, 0.3) is 71.8 Å². The molecule has 7 aromatic carbocycles. The van der Waals surface area contributed by atoms with Gasteiger partial charge in [-0.15, -0.1) is 0 Å². The molecular weight excluding hydrogens is 677 g/mol. The zero-order valence-corrected chi connectivity index (χ0v) is 32.3. The number of fused-ring (bicyclic) bond motifs is 14. The molecular formula is C54H44N2. The highest BCUT2D eigenvalue weighted by Crippen LogP contribution is 2.54. The SMILES string of the molecule is CCc1ccc(-c2ccccc2C)c([C@@H](CC)c2ccc(-n3c4ccc5ccccc5c4c4cc5c6c(c43)-c3ccccc3[C@H](CC6)c3ccccc3-5)nc2)c1. The van der Waals surface area contributed by atoms with Gasteiger partial charge in [0.1, 0.15) is 5.82 Å². The van der Waals surface area contributed by atoms with Crippen molar-refractivity contribution in [2.75, 3.05) is 0 Å². The lowest BCUT2D eigenvalue weighted by Gasteiger charge is -2.25. The van der Waals surface area contributed by atoms with Crippen LogP contribution in [0, 0.1) is 6.92 Å². The Morgan fingerprint density at radius 3 is 2.20 bits per heavy atom. The van der Waals surface area contributed by atoms with Crippen molar-refractivity contribution in [2.24, 2.45) is 0 Å². The molecule has 0 spiro atoms. The van der Waals surface area contributed by atoms with Crippen molar-refractivity contribution in [1.82, 2.24) is 9.55 Å². The van der Waals surface area contributed by atoms with Gasteiger partial charge in [0.25, 0.3) is 0 Å². The summed E-state index contributed by atoms with van der Waals surface area (Å²) in [7, 11) is 0. The van der Waals surface area contributed by atoms with Crippen LogP contribution in [0.3, 0.4) is 0 Å². The predicted molar refractivity (Wildman–Crippen MR) is 235 cm³/mol. The van der Waals surface area contributed by atoms with Crippen molar-refractivity contribution in [2.45, 2.75) is 58.3 Å². The van der Waals surface area contributed by atoms with E-state index in [1.165, 1.54) is 105 Å². The number of aromatic nitrogens is 2. The Bertz CT molecular complexity index is 3020. The number of hydrogen-bond donors (Lipinski definition) is 0. The molecule has 2 heteroatoms. The van der Waals surface area contributed by atoms with Crippen molar-refractivity contribution in [3.63, 3.8) is 0 Å². The summed E-state index contributed by atoms with van der Waals surface area (Å²) in [5.74, 6) is 1.55. The quantitative estimate of drug-likeness (QED) is 0.167. The van der Waals surface area contributed by atoms with Crippen molar-refractivity contribution >= 4 is 32.6 Å². The number of hydrogen-bond acceptors (Lipinski definition) is 1. The number of benzene rings is 7. The summed E-state index contributed by atoms with van der Waals surface area (Å²) in [5, 5.41) is 5.14. The van der Waals surface area contributed by atoms with Crippen LogP contribution in [0.5, 0.6) is 0 Å². The fourth-order valence-electron chi connectivity index (χ4n) is 10.5. The standard InChI is InChI=1S/C54H44N2/c1-4-34-22-25-43(38-16-8-6-14-33(38)3)47(30-34)37(5-2)36-24-29-51(55-32-36)56-50-28-23-35-15-7-9-17-39(35)52(50)49-31-48-42-20-11-10-18-40(42)44-26-27-46(48)53(54(49)56)45-21-13-12-19-41(44)45/h6-25,28-32,37,44H,4-5,26-27H2,1-3H3/t37-,44+/m0/s1. The monoisotopic (exact) mass is 720 g/mol. The van der Waals surface area contributed by atoms with Crippen molar-refractivity contribution in [3.8, 4) is 39.2 Å². The maximum absolute atomic E-state index is 5.44. The topological polar surface area (TPSA) is 17.8 Å². The Morgan fingerprint density at radius 1 is 0.661 bits per heavy atom. The van der Waals surface area contributed by atoms with E-state index < -0.39 is 0 Å². The fraction of sp³-hybridized carbons (Fsp3) is 0.167. The number of pyridine rings is 1. The van der Waals surface area contributed by atoms with Crippen LogP contribution in [0.4, 0.5) is 0 Å². The molecule has 2 aromatic heterocycles. The van der Waals surface area contributed by atoms with Gasteiger partial charge in [-0.2, -0.15) is 0 Å². The summed E-state index contributed by atoms with van der Waals surface area (Å²) in [4.78, 5) is 5.44. The van der Waals surface area contributed by atoms with Crippen LogP contribution in [-0.2, 0) is 12.8 Å². The average molecular weight is 721 g/mol. The summed E-state index contributed by atoms with van der Waals surface area (Å²) in [6.45, 7) is 6.79. The number of aryl methyl sites for hydroxylation is 2. The molecule has 2 aliphatic carbocycles. The molecule has 2 aliphatic rings. The molecule has 270 valence electrons. The first-order valence-electron chi connectivity index (χ1n) is 20.5. The van der Waals surface area contributed by atoms with Gasteiger partial charge in [-0.1, -0.05) is 141 Å². The van der Waals surface area contributed by atoms with Crippen molar-refractivity contribution in [3.05, 3.63) is 191 Å². The van der Waals surface area contributed by atoms with Crippen LogP contribution in [-0.4, -0.2) is 9.55 Å². The maximum atomic E-state index is 5.44. The Morgan fingerprint density at radius 2 is 1.41 bits per heavy atom. The highest BCUT2D eigenvalue weighted by atomic mass is 15.1. The maximum Gasteiger partial charge on any atom is 0.137 e. The molecule has 0 unspecified atom stereocenters. The lowest BCUT2D eigenvalue weighted by molar-refractivity contribution is 0.736. The van der Waals surface area contributed by atoms with Gasteiger partial charge in [0, 0.05) is 34.4 Å². The van der Waals surface area contributed by atoms with Gasteiger partial charge >= 0.3 is 0 Å². The molecule has 56 heavy (non-hydrogen) atoms. The van der Waals surface area contributed by atoms with Crippen LogP contribution in [0.1, 0.15) is 77.5 Å². The molecule has 2 nitrogen and oxygen atoms in total. The summed E-state index contributed by atoms with van der Waals surface area (Å²) in [6, 6.07) is 55.0. The minimum Gasteiger partial charge on any atom is -0.293 e. The number of rotatable bonds is 6. The smallest absolute Gasteiger partial charge is 0.137 e. The van der Waals surface area contributed by atoms with Gasteiger partial charge in [-0.3, -0.25) is 4.57 Å². The predicted octanol–water partition coefficient (Wildman–Crippen LogP) is 14.1. The normalized spacial score (nSPS) is 14.8. The second kappa shape index (κ2) is 12.9. The average Bonchev–Trinajstić information content (AvgIpc) is 3.36. The zero-order chi connectivity index (χ0) is 37.5. The van der Waals surface area contributed by atoms with E-state index in [1.807, 2.05) is 0 Å². The van der Waals surface area contributed by atoms with Gasteiger partial charge in [0.05, 0.1) is 11.0 Å². The minimum absolute atomic E-state index is 0.223. The third kappa shape index (κ3) is 4.85. The van der Waals surface area contributed by atoms with Gasteiger partial charge in [-0.25, -0.2) is 4.98 Å². The molecule has 11 rings (SSSR count). The molecule has 2 atom stereocenters. The first-order valence-corrected chi connectivity index (χ1v) is 20.5. The first kappa shape index (κ1) is 33.1. The highest BCUT2D eigenvalue weighted by Gasteiger charge is 2.34. The molecule has 2 bridgehead atoms. The van der Waals surface area contributed by atoms with Crippen molar-refractivity contribution < 1.29 is 0 Å². The Labute approximate surface area is 329 Å². The van der Waals surface area contributed by atoms with Crippen LogP contribution < -0.4 is 0 Å². The minimum atomic E-state index is 0.223. The first-order chi connectivity index (χ1) is 27.6. The summed E-state index contributed by atoms with van der Waals surface area (Å²) < 4.78 is 2.49. The lowest BCUT2D eigenvalue weighted by Crippen LogP contribution is -2.07. The van der Waals surface area contributed by atoms with E-state index in [2.05, 4.69) is 177 Å². The number of nitrogens with zero attached hydrogens (tertiary/aromatic N) is 2. The van der Waals surface area contributed by atoms with E-state index in [0.29, 0.717) is 5.92 Å². The lowest BCUT2D eigenvalue weighted by atomic mass is 9.80. The van der Waals surface area contributed by atoms with Gasteiger partial charge in [0.2, 0.25) is 0 Å². The van der Waals surface area contributed by atoms with Crippen molar-refractivity contribution in [1.29, 1.82) is 0 Å². The van der Waals surface area contributed by atoms with Gasteiger partial charge in [-0.05, 0) is 128 Å². The second-order valence-electron chi connectivity index (χ2n) is 16.0. The van der Waals surface area contributed by atoms with Crippen LogP contribution in [0.15, 0.2) is 152 Å². The van der Waals surface area contributed by atoms with Crippen LogP contribution >= 0.6 is 0 Å². The van der Waals surface area contributed by atoms with E-state index in [0.717, 1.165) is 31.5 Å². The third-order valence-electron chi connectivity index (χ3n) is 13.1. The summed E-state index contributed by atoms with van der Waals surface area (Å²) >= 11 is 0. The Hall–Kier alpha value is -6.25. The van der Waals surface area contributed by atoms with Crippen LogP contribution in [0.2, 0.25) is 0 Å². The summed E-state index contributed by atoms with van der Waals surface area (Å²) in [6.07, 6.45) is 6.32. The van der Waals surface area contributed by atoms with E-state index >= 15 is 0 Å². The molecule has 0 saturated heterocycles. The molecule has 0 aliphatic heterocycles. The van der Waals surface area contributed by atoms with E-state index in [4.69, 9.17) is 4.98 Å². The molecule has 0 fully saturated rings. The Kier molecular flexibility index (Phi) is 7.64. The van der Waals surface area contributed by atoms with E-state index in [-0.39, 0.29) is 5.92 Å². The molecule has 0 radical (unpaired) electrons. The molecule has 0 amide bonds. The molecule has 0 N–H and O–H groups in total. The molecule has 2 heterocycles. The highest BCUT2D eigenvalue weighted by molar-refractivity contribution is 6.25. The largest absolute Gasteiger partial charge is 0.293 e. The molecule has 9 aromatic rings. The third-order valence-corrected chi connectivity index (χ3v) is 13.1. The second-order valence-corrected chi connectivity index (χ2v) is 16.0. The van der Waals surface area contributed by atoms with Gasteiger partial charge in [0.15, 0.2) is 0 Å². The Balaban J connectivity index is 1.18. The molecule has 0 saturated carbocycles. The fourth-order valence-corrected chi connectivity index (χ4v) is 10.5. The van der Waals surface area contributed by atoms with Gasteiger partial charge < -0.3 is 0 Å². The summed E-state index contributed by atoms with van der Waals surface area (Å²) in [5.41, 5.74) is 20.3. The van der Waals surface area contributed by atoms with E-state index in [9.17, 15) is 0 Å². The zero-order valence-electron chi connectivity index (χ0n) is 32.3. The van der Waals surface area contributed by atoms with E-state index in [1.54, 1.807) is 0 Å².